The van der Waals surface area contributed by atoms with E-state index in [-0.39, 0.29) is 11.7 Å². The lowest BCUT2D eigenvalue weighted by Crippen LogP contribution is -2.17. The van der Waals surface area contributed by atoms with E-state index in [1.54, 1.807) is 6.07 Å². The van der Waals surface area contributed by atoms with Crippen LogP contribution in [0.4, 0.5) is 18.9 Å². The number of fused-ring (bicyclic) bond motifs is 1. The Balaban J connectivity index is 2.31. The molecule has 2 nitrogen and oxygen atoms in total. The molecule has 0 N–H and O–H groups in total. The van der Waals surface area contributed by atoms with E-state index in [9.17, 15) is 13.2 Å². The highest BCUT2D eigenvalue weighted by Gasteiger charge is 2.32. The summed E-state index contributed by atoms with van der Waals surface area (Å²) < 4.78 is 40.0. The van der Waals surface area contributed by atoms with Crippen molar-refractivity contribution < 1.29 is 17.9 Å². The van der Waals surface area contributed by atoms with Gasteiger partial charge in [-0.05, 0) is 25.0 Å². The van der Waals surface area contributed by atoms with Gasteiger partial charge in [0.2, 0.25) is 0 Å². The van der Waals surface area contributed by atoms with Gasteiger partial charge in [0.25, 0.3) is 0 Å². The van der Waals surface area contributed by atoms with Gasteiger partial charge in [0.05, 0.1) is 5.69 Å². The second-order valence-electron chi connectivity index (χ2n) is 3.98. The lowest BCUT2D eigenvalue weighted by molar-refractivity contribution is -0.274. The van der Waals surface area contributed by atoms with E-state index < -0.39 is 6.36 Å². The normalized spacial score (nSPS) is 18.9. The molecule has 92 valence electrons. The average molecular weight is 243 g/mol. The zero-order valence-corrected chi connectivity index (χ0v) is 9.51. The summed E-state index contributed by atoms with van der Waals surface area (Å²) in [6.07, 6.45) is -3.77. The third-order valence-electron chi connectivity index (χ3n) is 2.82. The Bertz CT molecular complexity index is 465. The molecule has 0 amide bonds. The predicted octanol–water partition coefficient (Wildman–Crippen LogP) is 4.18. The second kappa shape index (κ2) is 4.05. The molecule has 1 heterocycles. The highest BCUT2D eigenvalue weighted by Crippen LogP contribution is 2.40. The predicted molar refractivity (Wildman–Crippen MR) is 58.9 cm³/mol. The maximum atomic E-state index is 12.1. The third kappa shape index (κ3) is 2.43. The lowest BCUT2D eigenvalue weighted by atomic mass is 9.94. The highest BCUT2D eigenvalue weighted by molar-refractivity contribution is 5.96. The first-order valence-corrected chi connectivity index (χ1v) is 5.35. The number of aliphatic imine (C=N–C) groups is 1. The summed E-state index contributed by atoms with van der Waals surface area (Å²) in [6, 6.07) is 4.33. The molecular weight excluding hydrogens is 231 g/mol. The Hall–Kier alpha value is -1.52. The van der Waals surface area contributed by atoms with Crippen LogP contribution < -0.4 is 4.74 Å². The summed E-state index contributed by atoms with van der Waals surface area (Å²) in [5.74, 6) is -0.00510. The molecule has 1 aliphatic rings. The van der Waals surface area contributed by atoms with Crippen LogP contribution in [0.2, 0.25) is 0 Å². The lowest BCUT2D eigenvalue weighted by Gasteiger charge is -2.11. The minimum atomic E-state index is -4.66. The topological polar surface area (TPSA) is 21.6 Å². The Morgan fingerprint density at radius 1 is 1.35 bits per heavy atom. The fraction of sp³-hybridized carbons (Fsp3) is 0.417. The molecule has 1 aliphatic heterocycles. The van der Waals surface area contributed by atoms with Crippen molar-refractivity contribution in [2.75, 3.05) is 0 Å². The van der Waals surface area contributed by atoms with Gasteiger partial charge in [0.15, 0.2) is 0 Å². The average Bonchev–Trinajstić information content (AvgIpc) is 2.50. The number of rotatable bonds is 2. The van der Waals surface area contributed by atoms with E-state index >= 15 is 0 Å². The number of hydrogen-bond donors (Lipinski definition) is 0. The standard InChI is InChI=1S/C12H12F3NO/c1-3-9-7(2)16-11-6-8(4-5-10(9)11)17-12(13,14)15/h4-6,9H,3H2,1-2H3. The van der Waals surface area contributed by atoms with Crippen molar-refractivity contribution in [2.24, 2.45) is 4.99 Å². The molecule has 0 saturated carbocycles. The third-order valence-corrected chi connectivity index (χ3v) is 2.82. The van der Waals surface area contributed by atoms with Gasteiger partial charge >= 0.3 is 6.36 Å². The van der Waals surface area contributed by atoms with Crippen LogP contribution in [0.1, 0.15) is 31.7 Å². The van der Waals surface area contributed by atoms with Crippen molar-refractivity contribution in [3.8, 4) is 5.75 Å². The van der Waals surface area contributed by atoms with E-state index in [1.807, 2.05) is 13.8 Å². The molecule has 0 saturated heterocycles. The van der Waals surface area contributed by atoms with Crippen molar-refractivity contribution in [3.63, 3.8) is 0 Å². The van der Waals surface area contributed by atoms with Crippen molar-refractivity contribution in [1.29, 1.82) is 0 Å². The van der Waals surface area contributed by atoms with Crippen molar-refractivity contribution in [3.05, 3.63) is 23.8 Å². The zero-order chi connectivity index (χ0) is 12.6. The van der Waals surface area contributed by atoms with Crippen LogP contribution in [0.15, 0.2) is 23.2 Å². The summed E-state index contributed by atoms with van der Waals surface area (Å²) in [6.45, 7) is 3.91. The number of ether oxygens (including phenoxy) is 1. The van der Waals surface area contributed by atoms with E-state index in [1.165, 1.54) is 12.1 Å². The maximum Gasteiger partial charge on any atom is 0.573 e. The van der Waals surface area contributed by atoms with Gasteiger partial charge in [0, 0.05) is 17.7 Å². The zero-order valence-electron chi connectivity index (χ0n) is 9.51. The number of hydrogen-bond acceptors (Lipinski definition) is 2. The molecule has 1 unspecified atom stereocenters. The molecule has 1 atom stereocenters. The van der Waals surface area contributed by atoms with Crippen LogP contribution in [-0.4, -0.2) is 12.1 Å². The molecule has 0 bridgehead atoms. The van der Waals surface area contributed by atoms with Gasteiger partial charge in [-0.1, -0.05) is 13.0 Å². The first-order chi connectivity index (χ1) is 7.90. The molecule has 0 radical (unpaired) electrons. The quantitative estimate of drug-likeness (QED) is 0.763. The summed E-state index contributed by atoms with van der Waals surface area (Å²) in [7, 11) is 0. The van der Waals surface area contributed by atoms with Crippen LogP contribution in [0.5, 0.6) is 5.75 Å². The first kappa shape index (κ1) is 12.0. The molecule has 5 heteroatoms. The van der Waals surface area contributed by atoms with Crippen molar-refractivity contribution in [2.45, 2.75) is 32.5 Å². The molecule has 17 heavy (non-hydrogen) atoms. The molecule has 0 fully saturated rings. The number of halogens is 3. The van der Waals surface area contributed by atoms with Crippen molar-refractivity contribution >= 4 is 11.4 Å². The van der Waals surface area contributed by atoms with E-state index in [4.69, 9.17) is 0 Å². The van der Waals surface area contributed by atoms with Crippen LogP contribution >= 0.6 is 0 Å². The molecule has 0 aliphatic carbocycles. The molecule has 0 aromatic heterocycles. The Labute approximate surface area is 97.1 Å². The number of nitrogens with zero attached hydrogens (tertiary/aromatic N) is 1. The molecular formula is C12H12F3NO. The minimum absolute atomic E-state index is 0.213. The summed E-state index contributed by atoms with van der Waals surface area (Å²) in [4.78, 5) is 4.26. The smallest absolute Gasteiger partial charge is 0.406 e. The first-order valence-electron chi connectivity index (χ1n) is 5.35. The van der Waals surface area contributed by atoms with Crippen LogP contribution in [0.25, 0.3) is 0 Å². The highest BCUT2D eigenvalue weighted by atomic mass is 19.4. The largest absolute Gasteiger partial charge is 0.573 e. The van der Waals surface area contributed by atoms with Gasteiger partial charge < -0.3 is 4.74 Å². The van der Waals surface area contributed by atoms with Gasteiger partial charge in [-0.25, -0.2) is 0 Å². The summed E-state index contributed by atoms with van der Waals surface area (Å²) in [5.41, 5.74) is 2.49. The number of alkyl halides is 3. The van der Waals surface area contributed by atoms with Gasteiger partial charge in [-0.15, -0.1) is 13.2 Å². The molecule has 2 rings (SSSR count). The summed E-state index contributed by atoms with van der Waals surface area (Å²) in [5, 5.41) is 0. The van der Waals surface area contributed by atoms with Crippen molar-refractivity contribution in [1.82, 2.24) is 0 Å². The van der Waals surface area contributed by atoms with Crippen LogP contribution in [0, 0.1) is 0 Å². The minimum Gasteiger partial charge on any atom is -0.406 e. The van der Waals surface area contributed by atoms with Gasteiger partial charge in [-0.3, -0.25) is 4.99 Å². The second-order valence-corrected chi connectivity index (χ2v) is 3.98. The van der Waals surface area contributed by atoms with Crippen LogP contribution in [0.3, 0.4) is 0 Å². The van der Waals surface area contributed by atoms with E-state index in [0.717, 1.165) is 17.7 Å². The molecule has 1 aromatic carbocycles. The Morgan fingerprint density at radius 3 is 2.65 bits per heavy atom. The SMILES string of the molecule is CCC1C(C)=Nc2cc(OC(F)(F)F)ccc21. The summed E-state index contributed by atoms with van der Waals surface area (Å²) >= 11 is 0. The van der Waals surface area contributed by atoms with Crippen LogP contribution in [-0.2, 0) is 0 Å². The monoisotopic (exact) mass is 243 g/mol. The molecule has 0 spiro atoms. The fourth-order valence-corrected chi connectivity index (χ4v) is 2.12. The Kier molecular flexibility index (Phi) is 2.85. The maximum absolute atomic E-state index is 12.1. The van der Waals surface area contributed by atoms with Gasteiger partial charge in [0.1, 0.15) is 5.75 Å². The van der Waals surface area contributed by atoms with E-state index in [2.05, 4.69) is 9.73 Å². The molecule has 1 aromatic rings. The fourth-order valence-electron chi connectivity index (χ4n) is 2.12. The number of benzene rings is 1. The Morgan fingerprint density at radius 2 is 2.06 bits per heavy atom. The van der Waals surface area contributed by atoms with Gasteiger partial charge in [-0.2, -0.15) is 0 Å². The van der Waals surface area contributed by atoms with E-state index in [0.29, 0.717) is 5.69 Å².